The molecular weight excluding hydrogens is 611 g/mol. The van der Waals surface area contributed by atoms with Crippen molar-refractivity contribution in [2.24, 2.45) is 0 Å². The van der Waals surface area contributed by atoms with Gasteiger partial charge in [-0.05, 0) is 50.6 Å². The van der Waals surface area contributed by atoms with Crippen LogP contribution in [0, 0.1) is 0 Å². The largest absolute Gasteiger partial charge is 0.624 e. The number of hydrogen-bond donors (Lipinski definition) is 2. The van der Waals surface area contributed by atoms with Crippen LogP contribution in [0.15, 0.2) is 168 Å². The predicted octanol–water partition coefficient (Wildman–Crippen LogP) is 10.9. The molecule has 2 N–H and O–H groups in total. The second-order valence-electron chi connectivity index (χ2n) is 13.7. The molecule has 1 aromatic heterocycles. The summed E-state index contributed by atoms with van der Waals surface area (Å²) in [6.45, 7) is 0. The lowest BCUT2D eigenvalue weighted by atomic mass is 9.70. The maximum absolute atomic E-state index is 6.73. The molecule has 1 fully saturated rings. The molecule has 8 aromatic rings. The minimum absolute atomic E-state index is 0.136. The van der Waals surface area contributed by atoms with E-state index in [9.17, 15) is 0 Å². The smallest absolute Gasteiger partial charge is 0.143 e. The molecule has 11 rings (SSSR count). The van der Waals surface area contributed by atoms with Crippen LogP contribution in [0.5, 0.6) is 0 Å². The summed E-state index contributed by atoms with van der Waals surface area (Å²) in [5, 5.41) is 15.3. The Hall–Kier alpha value is -5.78. The summed E-state index contributed by atoms with van der Waals surface area (Å²) < 4.78 is 6.73. The zero-order valence-corrected chi connectivity index (χ0v) is 27.2. The fraction of sp³-hybridized carbons (Fsp3) is 0.0870. The van der Waals surface area contributed by atoms with E-state index in [4.69, 9.17) is 9.73 Å². The number of nitrogens with zero attached hydrogens (tertiary/aromatic N) is 1. The number of para-hydroxylation sites is 1. The molecule has 3 aliphatic rings. The number of rotatable bonds is 3. The number of fused-ring (bicyclic) bond motifs is 14. The third kappa shape index (κ3) is 3.81. The van der Waals surface area contributed by atoms with E-state index in [0.29, 0.717) is 0 Å². The Balaban J connectivity index is 1.14. The van der Waals surface area contributed by atoms with Gasteiger partial charge in [0.1, 0.15) is 11.2 Å². The zero-order valence-electron chi connectivity index (χ0n) is 27.2. The molecular formula is C46H32N3O-. The van der Waals surface area contributed by atoms with Crippen molar-refractivity contribution >= 4 is 21.9 Å². The Morgan fingerprint density at radius 3 is 1.80 bits per heavy atom. The van der Waals surface area contributed by atoms with Crippen molar-refractivity contribution in [3.05, 3.63) is 208 Å². The number of furan rings is 1. The average molecular weight is 643 g/mol. The van der Waals surface area contributed by atoms with E-state index >= 15 is 0 Å². The van der Waals surface area contributed by atoms with E-state index in [1.807, 2.05) is 0 Å². The van der Waals surface area contributed by atoms with Crippen LogP contribution < -0.4 is 10.6 Å². The fourth-order valence-corrected chi connectivity index (χ4v) is 9.03. The lowest BCUT2D eigenvalue weighted by molar-refractivity contribution is 0.316. The van der Waals surface area contributed by atoms with Gasteiger partial charge in [0.15, 0.2) is 0 Å². The fourth-order valence-electron chi connectivity index (χ4n) is 9.03. The molecule has 3 atom stereocenters. The third-order valence-electron chi connectivity index (χ3n) is 11.1. The summed E-state index contributed by atoms with van der Waals surface area (Å²) >= 11 is 0. The SMILES string of the molecule is c1ccc(C2[N-]C(c3ccccc3)NC(c3ccc4c(c3)C3(c5ccccc5-4)c4ccccc4-c4c3ccc3c4oc4ccccc43)N2)cc1. The van der Waals surface area contributed by atoms with E-state index in [2.05, 4.69) is 174 Å². The molecule has 0 amide bonds. The van der Waals surface area contributed by atoms with Gasteiger partial charge in [-0.25, -0.2) is 0 Å². The Morgan fingerprint density at radius 1 is 0.460 bits per heavy atom. The molecule has 0 saturated carbocycles. The highest BCUT2D eigenvalue weighted by Gasteiger charge is 2.52. The van der Waals surface area contributed by atoms with Crippen LogP contribution in [-0.4, -0.2) is 0 Å². The van der Waals surface area contributed by atoms with E-state index in [0.717, 1.165) is 33.1 Å². The first-order valence-corrected chi connectivity index (χ1v) is 17.4. The topological polar surface area (TPSA) is 51.3 Å². The van der Waals surface area contributed by atoms with Gasteiger partial charge < -0.3 is 20.4 Å². The molecule has 2 aliphatic carbocycles. The number of nitrogens with one attached hydrogen (secondary N) is 2. The van der Waals surface area contributed by atoms with Crippen LogP contribution in [0.4, 0.5) is 0 Å². The molecule has 4 nitrogen and oxygen atoms in total. The maximum Gasteiger partial charge on any atom is 0.143 e. The van der Waals surface area contributed by atoms with Gasteiger partial charge in [-0.1, -0.05) is 181 Å². The lowest BCUT2D eigenvalue weighted by Gasteiger charge is -2.50. The van der Waals surface area contributed by atoms with Gasteiger partial charge in [0.2, 0.25) is 0 Å². The Labute approximate surface area is 290 Å². The second-order valence-corrected chi connectivity index (χ2v) is 13.7. The van der Waals surface area contributed by atoms with Crippen LogP contribution in [-0.2, 0) is 5.41 Å². The Kier molecular flexibility index (Phi) is 5.96. The van der Waals surface area contributed by atoms with Crippen molar-refractivity contribution in [3.63, 3.8) is 0 Å². The van der Waals surface area contributed by atoms with Crippen molar-refractivity contribution in [2.75, 3.05) is 0 Å². The molecule has 2 heterocycles. The first-order chi connectivity index (χ1) is 24.8. The van der Waals surface area contributed by atoms with Crippen LogP contribution in [0.3, 0.4) is 0 Å². The molecule has 1 spiro atoms. The van der Waals surface area contributed by atoms with E-state index in [1.54, 1.807) is 0 Å². The quantitative estimate of drug-likeness (QED) is 0.202. The van der Waals surface area contributed by atoms with Gasteiger partial charge in [0.05, 0.1) is 11.6 Å². The summed E-state index contributed by atoms with van der Waals surface area (Å²) in [7, 11) is 0. The van der Waals surface area contributed by atoms with Gasteiger partial charge in [-0.3, -0.25) is 0 Å². The molecule has 238 valence electrons. The summed E-state index contributed by atoms with van der Waals surface area (Å²) in [6, 6.07) is 59.1. The average Bonchev–Trinajstić information content (AvgIpc) is 3.82. The minimum Gasteiger partial charge on any atom is -0.624 e. The van der Waals surface area contributed by atoms with Gasteiger partial charge in [-0.15, -0.1) is 0 Å². The van der Waals surface area contributed by atoms with Crippen LogP contribution in [0.1, 0.15) is 57.4 Å². The van der Waals surface area contributed by atoms with E-state index in [1.165, 1.54) is 50.1 Å². The Bertz CT molecular complexity index is 2560. The standard InChI is InChI=1S/C46H32N3O/c1-3-13-28(14-4-1)43-47-44(29-15-5-2-6-16-29)49-45(48-43)30-23-24-32-31-17-7-10-20-36(31)46(39(32)27-30)37-21-11-8-19-35(37)41-38(46)26-25-34-33-18-9-12-22-40(33)50-42(34)41/h1-27,43-45,48-49H/q-1. The normalized spacial score (nSPS) is 21.6. The van der Waals surface area contributed by atoms with Gasteiger partial charge in [0.25, 0.3) is 0 Å². The van der Waals surface area contributed by atoms with Crippen LogP contribution in [0.25, 0.3) is 49.5 Å². The second kappa shape index (κ2) is 10.6. The Morgan fingerprint density at radius 2 is 1.06 bits per heavy atom. The van der Waals surface area contributed by atoms with Crippen LogP contribution >= 0.6 is 0 Å². The monoisotopic (exact) mass is 642 g/mol. The molecule has 1 aliphatic heterocycles. The highest BCUT2D eigenvalue weighted by Crippen LogP contribution is 2.64. The summed E-state index contributed by atoms with van der Waals surface area (Å²) in [5.74, 6) is 0. The molecule has 4 heteroatoms. The molecule has 0 radical (unpaired) electrons. The van der Waals surface area contributed by atoms with E-state index < -0.39 is 5.41 Å². The van der Waals surface area contributed by atoms with E-state index in [-0.39, 0.29) is 18.5 Å². The zero-order chi connectivity index (χ0) is 32.8. The van der Waals surface area contributed by atoms with Crippen molar-refractivity contribution in [1.82, 2.24) is 10.6 Å². The number of hydrogen-bond acceptors (Lipinski definition) is 3. The maximum atomic E-state index is 6.73. The highest BCUT2D eigenvalue weighted by atomic mass is 16.3. The molecule has 3 unspecified atom stereocenters. The minimum atomic E-state index is -0.488. The summed E-state index contributed by atoms with van der Waals surface area (Å²) in [4.78, 5) is 0. The number of benzene rings is 7. The molecule has 1 saturated heterocycles. The first kappa shape index (κ1) is 28.1. The van der Waals surface area contributed by atoms with Gasteiger partial charge in [-0.2, -0.15) is 0 Å². The molecule has 0 bridgehead atoms. The van der Waals surface area contributed by atoms with Crippen molar-refractivity contribution < 1.29 is 4.42 Å². The lowest BCUT2D eigenvalue weighted by Crippen LogP contribution is -2.44. The van der Waals surface area contributed by atoms with Gasteiger partial charge in [0, 0.05) is 16.3 Å². The highest BCUT2D eigenvalue weighted by molar-refractivity contribution is 6.13. The van der Waals surface area contributed by atoms with Crippen molar-refractivity contribution in [3.8, 4) is 22.3 Å². The third-order valence-corrected chi connectivity index (χ3v) is 11.1. The van der Waals surface area contributed by atoms with Gasteiger partial charge >= 0.3 is 0 Å². The van der Waals surface area contributed by atoms with Crippen molar-refractivity contribution in [1.29, 1.82) is 0 Å². The predicted molar refractivity (Wildman–Crippen MR) is 201 cm³/mol. The summed E-state index contributed by atoms with van der Waals surface area (Å²) in [6.07, 6.45) is -0.467. The summed E-state index contributed by atoms with van der Waals surface area (Å²) in [5.41, 5.74) is 15.1. The van der Waals surface area contributed by atoms with Crippen molar-refractivity contribution in [2.45, 2.75) is 23.9 Å². The molecule has 7 aromatic carbocycles. The molecule has 50 heavy (non-hydrogen) atoms. The van der Waals surface area contributed by atoms with Crippen LogP contribution in [0.2, 0.25) is 0 Å². The first-order valence-electron chi connectivity index (χ1n) is 17.4.